The zero-order valence-electron chi connectivity index (χ0n) is 12.4. The van der Waals surface area contributed by atoms with Gasteiger partial charge >= 0.3 is 5.97 Å². The van der Waals surface area contributed by atoms with Crippen LogP contribution in [0.4, 0.5) is 0 Å². The largest absolute Gasteiger partial charge is 0.506 e. The van der Waals surface area contributed by atoms with Crippen LogP contribution >= 0.6 is 0 Å². The minimum atomic E-state index is -1.26. The number of hydrogen-bond acceptors (Lipinski definition) is 6. The third-order valence-electron chi connectivity index (χ3n) is 3.66. The van der Waals surface area contributed by atoms with Gasteiger partial charge in [0.2, 0.25) is 0 Å². The Labute approximate surface area is 134 Å². The van der Waals surface area contributed by atoms with E-state index in [0.717, 1.165) is 0 Å². The van der Waals surface area contributed by atoms with E-state index in [1.54, 1.807) is 6.07 Å². The number of ether oxygens (including phenoxy) is 1. The normalized spacial score (nSPS) is 12.8. The molecule has 126 valence electrons. The number of aromatic hydroxyl groups is 1. The molecule has 0 radical (unpaired) electrons. The summed E-state index contributed by atoms with van der Waals surface area (Å²) in [5, 5.41) is 27.5. The van der Waals surface area contributed by atoms with E-state index in [4.69, 9.17) is 9.84 Å². The van der Waals surface area contributed by atoms with Crippen LogP contribution < -0.4 is 10.9 Å². The number of amides is 1. The number of carboxylic acids is 1. The Morgan fingerprint density at radius 2 is 2.21 bits per heavy atom. The number of nitrogens with one attached hydrogen (secondary N) is 2. The first-order chi connectivity index (χ1) is 11.5. The summed E-state index contributed by atoms with van der Waals surface area (Å²) in [6.07, 6.45) is 1.53. The van der Waals surface area contributed by atoms with Crippen LogP contribution in [0.2, 0.25) is 0 Å². The van der Waals surface area contributed by atoms with E-state index >= 15 is 0 Å². The van der Waals surface area contributed by atoms with Crippen LogP contribution in [0.25, 0.3) is 0 Å². The number of aromatic nitrogens is 3. The molecule has 0 saturated carbocycles. The van der Waals surface area contributed by atoms with Crippen molar-refractivity contribution < 1.29 is 24.5 Å². The molecular formula is C14H14N4O6. The zero-order chi connectivity index (χ0) is 17.3. The molecule has 0 aliphatic carbocycles. The third kappa shape index (κ3) is 2.74. The van der Waals surface area contributed by atoms with E-state index in [2.05, 4.69) is 15.5 Å². The number of rotatable bonds is 5. The van der Waals surface area contributed by atoms with Gasteiger partial charge in [-0.15, -0.1) is 0 Å². The average Bonchev–Trinajstić information content (AvgIpc) is 3.20. The van der Waals surface area contributed by atoms with Crippen LogP contribution in [-0.4, -0.2) is 43.4 Å². The second kappa shape index (κ2) is 6.16. The maximum atomic E-state index is 12.7. The van der Waals surface area contributed by atoms with Crippen LogP contribution in [0.15, 0.2) is 17.1 Å². The lowest BCUT2D eigenvalue weighted by Gasteiger charge is -2.14. The van der Waals surface area contributed by atoms with E-state index < -0.39 is 35.3 Å². The van der Waals surface area contributed by atoms with Crippen LogP contribution in [0, 0.1) is 0 Å². The molecule has 1 aliphatic rings. The number of nitrogens with zero attached hydrogens (tertiary/aromatic N) is 2. The first-order valence-corrected chi connectivity index (χ1v) is 7.02. The third-order valence-corrected chi connectivity index (χ3v) is 3.66. The Bertz CT molecular complexity index is 855. The van der Waals surface area contributed by atoms with Gasteiger partial charge in [0.15, 0.2) is 0 Å². The Morgan fingerprint density at radius 3 is 2.88 bits per heavy atom. The summed E-state index contributed by atoms with van der Waals surface area (Å²) in [6, 6.07) is 1.67. The predicted molar refractivity (Wildman–Crippen MR) is 78.5 cm³/mol. The smallest absolute Gasteiger partial charge is 0.322 e. The van der Waals surface area contributed by atoms with Gasteiger partial charge in [-0.2, -0.15) is 5.10 Å². The molecule has 0 saturated heterocycles. The van der Waals surface area contributed by atoms with Crippen LogP contribution in [0.5, 0.6) is 5.75 Å². The quantitative estimate of drug-likeness (QED) is 0.558. The van der Waals surface area contributed by atoms with Gasteiger partial charge in [-0.05, 0) is 6.07 Å². The second-order valence-electron chi connectivity index (χ2n) is 5.19. The van der Waals surface area contributed by atoms with Crippen molar-refractivity contribution in [1.29, 1.82) is 0 Å². The summed E-state index contributed by atoms with van der Waals surface area (Å²) in [6.45, 7) is -0.358. The molecule has 4 N–H and O–H groups in total. The standard InChI is InChI=1S/C14H14N4O6/c19-10(20)3-15-13(22)11-12(21)8-5-24-6-9(8)18(14(11)23)4-7-1-2-16-17-7/h1-2,21H,3-6H2,(H,15,22)(H,16,17)(H,19,20). The molecule has 0 atom stereocenters. The van der Waals surface area contributed by atoms with Gasteiger partial charge in [0.05, 0.1) is 31.1 Å². The van der Waals surface area contributed by atoms with Crippen molar-refractivity contribution in [1.82, 2.24) is 20.1 Å². The summed E-state index contributed by atoms with van der Waals surface area (Å²) in [4.78, 5) is 35.4. The lowest BCUT2D eigenvalue weighted by Crippen LogP contribution is -2.37. The van der Waals surface area contributed by atoms with E-state index in [1.807, 2.05) is 0 Å². The summed E-state index contributed by atoms with van der Waals surface area (Å²) in [5.74, 6) is -2.69. The summed E-state index contributed by atoms with van der Waals surface area (Å²) < 4.78 is 6.58. The molecule has 0 aromatic carbocycles. The van der Waals surface area contributed by atoms with Crippen molar-refractivity contribution >= 4 is 11.9 Å². The molecule has 2 aromatic heterocycles. The van der Waals surface area contributed by atoms with E-state index in [0.29, 0.717) is 17.0 Å². The van der Waals surface area contributed by atoms with Crippen LogP contribution in [-0.2, 0) is 29.3 Å². The van der Waals surface area contributed by atoms with E-state index in [-0.39, 0.29) is 19.8 Å². The Hall–Kier alpha value is -3.14. The molecule has 3 rings (SSSR count). The fraction of sp³-hybridized carbons (Fsp3) is 0.286. The molecule has 10 heteroatoms. The Morgan fingerprint density at radius 1 is 1.42 bits per heavy atom. The topological polar surface area (TPSA) is 147 Å². The molecule has 0 fully saturated rings. The fourth-order valence-corrected chi connectivity index (χ4v) is 2.54. The average molecular weight is 334 g/mol. The van der Waals surface area contributed by atoms with Gasteiger partial charge in [-0.25, -0.2) is 0 Å². The molecule has 2 aromatic rings. The van der Waals surface area contributed by atoms with Gasteiger partial charge in [-0.3, -0.25) is 19.5 Å². The van der Waals surface area contributed by atoms with Gasteiger partial charge in [0.25, 0.3) is 11.5 Å². The fourth-order valence-electron chi connectivity index (χ4n) is 2.54. The highest BCUT2D eigenvalue weighted by Gasteiger charge is 2.29. The molecule has 0 spiro atoms. The SMILES string of the molecule is O=C(O)CNC(=O)c1c(O)c2c(n(Cc3ccn[nH]3)c1=O)COC2. The minimum absolute atomic E-state index is 0.0592. The van der Waals surface area contributed by atoms with Crippen molar-refractivity contribution in [2.45, 2.75) is 19.8 Å². The highest BCUT2D eigenvalue weighted by molar-refractivity contribution is 5.98. The highest BCUT2D eigenvalue weighted by Crippen LogP contribution is 2.29. The first kappa shape index (κ1) is 15.7. The molecule has 0 unspecified atom stereocenters. The highest BCUT2D eigenvalue weighted by atomic mass is 16.5. The van der Waals surface area contributed by atoms with Crippen LogP contribution in [0.3, 0.4) is 0 Å². The maximum absolute atomic E-state index is 12.7. The summed E-state index contributed by atoms with van der Waals surface area (Å²) in [7, 11) is 0. The summed E-state index contributed by atoms with van der Waals surface area (Å²) in [5.41, 5.74) is 0.222. The Kier molecular flexibility index (Phi) is 4.04. The number of carbonyl (C=O) groups excluding carboxylic acids is 1. The monoisotopic (exact) mass is 334 g/mol. The van der Waals surface area contributed by atoms with Gasteiger partial charge in [0, 0.05) is 11.8 Å². The zero-order valence-corrected chi connectivity index (χ0v) is 12.4. The number of pyridine rings is 1. The van der Waals surface area contributed by atoms with Crippen molar-refractivity contribution in [3.05, 3.63) is 45.1 Å². The van der Waals surface area contributed by atoms with Gasteiger partial charge in [-0.1, -0.05) is 0 Å². The van der Waals surface area contributed by atoms with Crippen LogP contribution in [0.1, 0.15) is 27.3 Å². The number of carbonyl (C=O) groups is 2. The minimum Gasteiger partial charge on any atom is -0.506 e. The van der Waals surface area contributed by atoms with E-state index in [9.17, 15) is 19.5 Å². The molecular weight excluding hydrogens is 320 g/mol. The number of H-pyrrole nitrogens is 1. The lowest BCUT2D eigenvalue weighted by atomic mass is 10.1. The van der Waals surface area contributed by atoms with E-state index in [1.165, 1.54) is 10.8 Å². The number of carboxylic acid groups (broad SMARTS) is 1. The van der Waals surface area contributed by atoms with Crippen molar-refractivity contribution in [2.75, 3.05) is 6.54 Å². The first-order valence-electron chi connectivity index (χ1n) is 7.02. The van der Waals surface area contributed by atoms with Gasteiger partial charge < -0.3 is 24.8 Å². The maximum Gasteiger partial charge on any atom is 0.322 e. The Balaban J connectivity index is 2.07. The molecule has 1 aliphatic heterocycles. The molecule has 0 bridgehead atoms. The molecule has 3 heterocycles. The summed E-state index contributed by atoms with van der Waals surface area (Å²) >= 11 is 0. The van der Waals surface area contributed by atoms with Gasteiger partial charge in [0.1, 0.15) is 17.9 Å². The predicted octanol–water partition coefficient (Wildman–Crippen LogP) is -0.830. The second-order valence-corrected chi connectivity index (χ2v) is 5.19. The van der Waals surface area contributed by atoms with Crippen molar-refractivity contribution in [3.8, 4) is 5.75 Å². The molecule has 1 amide bonds. The number of hydrogen-bond donors (Lipinski definition) is 4. The van der Waals surface area contributed by atoms with Crippen molar-refractivity contribution in [2.24, 2.45) is 0 Å². The molecule has 10 nitrogen and oxygen atoms in total. The van der Waals surface area contributed by atoms with Crippen molar-refractivity contribution in [3.63, 3.8) is 0 Å². The molecule has 24 heavy (non-hydrogen) atoms. The number of aliphatic carboxylic acids is 1. The number of fused-ring (bicyclic) bond motifs is 1. The lowest BCUT2D eigenvalue weighted by molar-refractivity contribution is -0.135. The number of aromatic amines is 1.